The molecule has 0 aliphatic carbocycles. The number of halogens is 1. The first kappa shape index (κ1) is 16.5. The Bertz CT molecular complexity index is 557. The Morgan fingerprint density at radius 1 is 1.20 bits per heavy atom. The molecule has 0 amide bonds. The summed E-state index contributed by atoms with van der Waals surface area (Å²) >= 11 is 0. The van der Waals surface area contributed by atoms with Gasteiger partial charge in [0.05, 0.1) is 6.61 Å². The van der Waals surface area contributed by atoms with Crippen molar-refractivity contribution in [2.75, 3.05) is 19.8 Å². The van der Waals surface area contributed by atoms with E-state index in [0.29, 0.717) is 19.7 Å². The molecule has 0 aliphatic heterocycles. The van der Waals surface area contributed by atoms with Crippen molar-refractivity contribution in [3.8, 4) is 5.75 Å². The first-order valence-electron chi connectivity index (χ1n) is 6.42. The maximum Gasteiger partial charge on any atom is 0.124 e. The summed E-state index contributed by atoms with van der Waals surface area (Å²) in [5.74, 6) is 0.865. The Labute approximate surface area is 125 Å². The van der Waals surface area contributed by atoms with Crippen LogP contribution in [0.1, 0.15) is 5.56 Å². The zero-order chi connectivity index (χ0) is 13.5. The van der Waals surface area contributed by atoms with E-state index in [1.165, 1.54) is 10.8 Å². The standard InChI is InChI=1S/C16H19NO2.ClH/c1-2-11-19-16-8-7-13-5-3-4-6-14(13)15(16)12-17-9-10-18;/h2-8,17-18H,1,9-12H2;1H. The Morgan fingerprint density at radius 2 is 2.00 bits per heavy atom. The summed E-state index contributed by atoms with van der Waals surface area (Å²) in [7, 11) is 0. The van der Waals surface area contributed by atoms with Gasteiger partial charge in [-0.2, -0.15) is 0 Å². The summed E-state index contributed by atoms with van der Waals surface area (Å²) in [6.45, 7) is 5.54. The Hall–Kier alpha value is -1.55. The molecule has 0 unspecified atom stereocenters. The molecule has 0 atom stereocenters. The molecule has 0 radical (unpaired) electrons. The number of aliphatic hydroxyl groups excluding tert-OH is 1. The van der Waals surface area contributed by atoms with Gasteiger partial charge in [-0.1, -0.05) is 43.0 Å². The SMILES string of the molecule is C=CCOc1ccc2ccccc2c1CNCCO.Cl. The maximum absolute atomic E-state index is 8.86. The predicted molar refractivity (Wildman–Crippen MR) is 85.7 cm³/mol. The fraction of sp³-hybridized carbons (Fsp3) is 0.250. The average Bonchev–Trinajstić information content (AvgIpc) is 2.46. The summed E-state index contributed by atoms with van der Waals surface area (Å²) < 4.78 is 5.70. The second kappa shape index (κ2) is 8.59. The molecule has 0 fully saturated rings. The van der Waals surface area contributed by atoms with E-state index < -0.39 is 0 Å². The summed E-state index contributed by atoms with van der Waals surface area (Å²) in [6, 6.07) is 12.3. The van der Waals surface area contributed by atoms with E-state index in [4.69, 9.17) is 9.84 Å². The highest BCUT2D eigenvalue weighted by Crippen LogP contribution is 2.28. The Balaban J connectivity index is 0.00000200. The van der Waals surface area contributed by atoms with Crippen LogP contribution in [0.3, 0.4) is 0 Å². The van der Waals surface area contributed by atoms with Gasteiger partial charge in [-0.3, -0.25) is 0 Å². The van der Waals surface area contributed by atoms with Crippen molar-refractivity contribution in [3.05, 3.63) is 54.6 Å². The molecule has 0 saturated heterocycles. The molecule has 0 spiro atoms. The summed E-state index contributed by atoms with van der Waals surface area (Å²) in [5, 5.41) is 14.4. The van der Waals surface area contributed by atoms with E-state index in [1.54, 1.807) is 6.08 Å². The first-order chi connectivity index (χ1) is 9.36. The molecule has 0 heterocycles. The molecular formula is C16H20ClNO2. The number of nitrogens with one attached hydrogen (secondary N) is 1. The van der Waals surface area contributed by atoms with E-state index >= 15 is 0 Å². The minimum atomic E-state index is 0. The first-order valence-corrected chi connectivity index (χ1v) is 6.42. The topological polar surface area (TPSA) is 41.5 Å². The van der Waals surface area contributed by atoms with Crippen LogP contribution >= 0.6 is 12.4 Å². The number of benzene rings is 2. The van der Waals surface area contributed by atoms with Gasteiger partial charge in [-0.05, 0) is 16.8 Å². The average molecular weight is 294 g/mol. The van der Waals surface area contributed by atoms with Gasteiger partial charge in [0.25, 0.3) is 0 Å². The van der Waals surface area contributed by atoms with Gasteiger partial charge in [0, 0.05) is 18.7 Å². The lowest BCUT2D eigenvalue weighted by Gasteiger charge is -2.14. The highest BCUT2D eigenvalue weighted by atomic mass is 35.5. The van der Waals surface area contributed by atoms with Crippen LogP contribution in [0.15, 0.2) is 49.1 Å². The molecule has 0 aromatic heterocycles. The largest absolute Gasteiger partial charge is 0.489 e. The molecule has 0 bridgehead atoms. The molecule has 2 aromatic carbocycles. The molecule has 2 rings (SSSR count). The van der Waals surface area contributed by atoms with E-state index in [2.05, 4.69) is 30.1 Å². The van der Waals surface area contributed by atoms with Gasteiger partial charge >= 0.3 is 0 Å². The zero-order valence-electron chi connectivity index (χ0n) is 11.3. The van der Waals surface area contributed by atoms with Gasteiger partial charge in [-0.15, -0.1) is 12.4 Å². The van der Waals surface area contributed by atoms with Crippen molar-refractivity contribution in [2.45, 2.75) is 6.54 Å². The van der Waals surface area contributed by atoms with Gasteiger partial charge in [0.1, 0.15) is 12.4 Å². The fourth-order valence-electron chi connectivity index (χ4n) is 2.07. The van der Waals surface area contributed by atoms with Gasteiger partial charge in [0.15, 0.2) is 0 Å². The number of hydrogen-bond donors (Lipinski definition) is 2. The molecule has 0 aliphatic rings. The third-order valence-corrected chi connectivity index (χ3v) is 2.94. The van der Waals surface area contributed by atoms with Crippen molar-refractivity contribution in [2.24, 2.45) is 0 Å². The quantitative estimate of drug-likeness (QED) is 0.609. The molecule has 0 saturated carbocycles. The highest BCUT2D eigenvalue weighted by Gasteiger charge is 2.08. The molecule has 108 valence electrons. The van der Waals surface area contributed by atoms with E-state index in [1.807, 2.05) is 18.2 Å². The van der Waals surface area contributed by atoms with Crippen molar-refractivity contribution in [3.63, 3.8) is 0 Å². The summed E-state index contributed by atoms with van der Waals surface area (Å²) in [4.78, 5) is 0. The zero-order valence-corrected chi connectivity index (χ0v) is 12.2. The van der Waals surface area contributed by atoms with Gasteiger partial charge < -0.3 is 15.2 Å². The van der Waals surface area contributed by atoms with E-state index in [0.717, 1.165) is 11.3 Å². The van der Waals surface area contributed by atoms with Crippen molar-refractivity contribution in [1.82, 2.24) is 5.32 Å². The smallest absolute Gasteiger partial charge is 0.124 e. The molecular weight excluding hydrogens is 274 g/mol. The van der Waals surface area contributed by atoms with E-state index in [-0.39, 0.29) is 19.0 Å². The van der Waals surface area contributed by atoms with Crippen LogP contribution in [0.25, 0.3) is 10.8 Å². The normalized spacial score (nSPS) is 10.1. The van der Waals surface area contributed by atoms with Crippen LogP contribution in [0.4, 0.5) is 0 Å². The van der Waals surface area contributed by atoms with Crippen molar-refractivity contribution >= 4 is 23.2 Å². The van der Waals surface area contributed by atoms with E-state index in [9.17, 15) is 0 Å². The van der Waals surface area contributed by atoms with Gasteiger partial charge in [-0.25, -0.2) is 0 Å². The number of ether oxygens (including phenoxy) is 1. The predicted octanol–water partition coefficient (Wildman–Crippen LogP) is 2.91. The second-order valence-electron chi connectivity index (χ2n) is 4.26. The molecule has 4 heteroatoms. The highest BCUT2D eigenvalue weighted by molar-refractivity contribution is 5.87. The van der Waals surface area contributed by atoms with Crippen LogP contribution in [0.5, 0.6) is 5.75 Å². The Kier molecular flexibility index (Phi) is 7.09. The fourth-order valence-corrected chi connectivity index (χ4v) is 2.07. The number of fused-ring (bicyclic) bond motifs is 1. The third kappa shape index (κ3) is 3.97. The van der Waals surface area contributed by atoms with Crippen molar-refractivity contribution < 1.29 is 9.84 Å². The second-order valence-corrected chi connectivity index (χ2v) is 4.26. The van der Waals surface area contributed by atoms with Crippen LogP contribution in [0.2, 0.25) is 0 Å². The van der Waals surface area contributed by atoms with Gasteiger partial charge in [0.2, 0.25) is 0 Å². The lowest BCUT2D eigenvalue weighted by atomic mass is 10.0. The molecule has 2 aromatic rings. The van der Waals surface area contributed by atoms with Crippen LogP contribution in [-0.4, -0.2) is 24.9 Å². The monoisotopic (exact) mass is 293 g/mol. The lowest BCUT2D eigenvalue weighted by Crippen LogP contribution is -2.18. The van der Waals surface area contributed by atoms with Crippen LogP contribution in [-0.2, 0) is 6.54 Å². The summed E-state index contributed by atoms with van der Waals surface area (Å²) in [6.07, 6.45) is 1.74. The molecule has 2 N–H and O–H groups in total. The van der Waals surface area contributed by atoms with Crippen LogP contribution < -0.4 is 10.1 Å². The Morgan fingerprint density at radius 3 is 2.75 bits per heavy atom. The third-order valence-electron chi connectivity index (χ3n) is 2.94. The minimum Gasteiger partial charge on any atom is -0.489 e. The number of hydrogen-bond acceptors (Lipinski definition) is 3. The van der Waals surface area contributed by atoms with Crippen molar-refractivity contribution in [1.29, 1.82) is 0 Å². The molecule has 20 heavy (non-hydrogen) atoms. The van der Waals surface area contributed by atoms with Crippen LogP contribution in [0, 0.1) is 0 Å². The maximum atomic E-state index is 8.86. The number of rotatable bonds is 7. The summed E-state index contributed by atoms with van der Waals surface area (Å²) in [5.41, 5.74) is 1.12. The molecule has 3 nitrogen and oxygen atoms in total. The minimum absolute atomic E-state index is 0. The lowest BCUT2D eigenvalue weighted by molar-refractivity contribution is 0.291. The number of aliphatic hydroxyl groups is 1.